The first-order chi connectivity index (χ1) is 6.32. The van der Waals surface area contributed by atoms with Gasteiger partial charge in [-0.3, -0.25) is 4.79 Å². The molecule has 1 amide bonds. The zero-order valence-corrected chi connectivity index (χ0v) is 9.42. The molecule has 78 valence electrons. The smallest absolute Gasteiger partial charge is 0.289 e. The monoisotopic (exact) mass is 195 g/mol. The van der Waals surface area contributed by atoms with E-state index in [1.54, 1.807) is 20.2 Å². The first-order valence-electron chi connectivity index (χ1n) is 4.64. The first kappa shape index (κ1) is 10.8. The van der Waals surface area contributed by atoms with Gasteiger partial charge in [-0.1, -0.05) is 20.8 Å². The highest BCUT2D eigenvalue weighted by Gasteiger charge is 2.20. The van der Waals surface area contributed by atoms with Crippen LogP contribution >= 0.6 is 0 Å². The normalized spacial score (nSPS) is 11.5. The Morgan fingerprint density at radius 1 is 1.29 bits per heavy atom. The van der Waals surface area contributed by atoms with Crippen molar-refractivity contribution in [3.8, 4) is 0 Å². The van der Waals surface area contributed by atoms with Gasteiger partial charge in [0.2, 0.25) is 0 Å². The minimum absolute atomic E-state index is 0.0508. The highest BCUT2D eigenvalue weighted by molar-refractivity contribution is 5.91. The molecule has 0 spiro atoms. The summed E-state index contributed by atoms with van der Waals surface area (Å²) < 4.78 is 5.48. The maximum Gasteiger partial charge on any atom is 0.289 e. The lowest BCUT2D eigenvalue weighted by Gasteiger charge is -2.14. The quantitative estimate of drug-likeness (QED) is 0.688. The molecule has 0 bridgehead atoms. The lowest BCUT2D eigenvalue weighted by molar-refractivity contribution is 0.0793. The molecule has 0 aliphatic rings. The van der Waals surface area contributed by atoms with Crippen molar-refractivity contribution < 1.29 is 9.21 Å². The number of rotatable bonds is 1. The number of amides is 1. The second-order valence-electron chi connectivity index (χ2n) is 4.61. The van der Waals surface area contributed by atoms with E-state index in [2.05, 4.69) is 20.8 Å². The maximum atomic E-state index is 11.5. The fraction of sp³-hybridized carbons (Fsp3) is 0.545. The van der Waals surface area contributed by atoms with E-state index in [4.69, 9.17) is 4.42 Å². The van der Waals surface area contributed by atoms with E-state index in [0.717, 1.165) is 5.76 Å². The van der Waals surface area contributed by atoms with Crippen LogP contribution in [-0.4, -0.2) is 24.9 Å². The van der Waals surface area contributed by atoms with Gasteiger partial charge in [0, 0.05) is 19.5 Å². The Balaban J connectivity index is 2.95. The summed E-state index contributed by atoms with van der Waals surface area (Å²) in [6.07, 6.45) is 0. The topological polar surface area (TPSA) is 33.5 Å². The Morgan fingerprint density at radius 2 is 1.86 bits per heavy atom. The second kappa shape index (κ2) is 3.48. The number of hydrogen-bond donors (Lipinski definition) is 0. The van der Waals surface area contributed by atoms with Crippen molar-refractivity contribution >= 4 is 5.91 Å². The predicted octanol–water partition coefficient (Wildman–Crippen LogP) is 2.28. The minimum Gasteiger partial charge on any atom is -0.455 e. The van der Waals surface area contributed by atoms with Crippen LogP contribution in [0.5, 0.6) is 0 Å². The molecule has 0 fully saturated rings. The van der Waals surface area contributed by atoms with Crippen molar-refractivity contribution in [2.45, 2.75) is 26.2 Å². The van der Waals surface area contributed by atoms with Gasteiger partial charge < -0.3 is 9.32 Å². The van der Waals surface area contributed by atoms with E-state index in [1.165, 1.54) is 4.90 Å². The van der Waals surface area contributed by atoms with Gasteiger partial charge in [0.05, 0.1) is 0 Å². The molecule has 1 aromatic rings. The summed E-state index contributed by atoms with van der Waals surface area (Å²) in [5.41, 5.74) is -0.0508. The fourth-order valence-corrected chi connectivity index (χ4v) is 1.08. The molecule has 1 rings (SSSR count). The highest BCUT2D eigenvalue weighted by Crippen LogP contribution is 2.24. The van der Waals surface area contributed by atoms with Crippen LogP contribution in [0.15, 0.2) is 16.5 Å². The minimum atomic E-state index is -0.0968. The summed E-state index contributed by atoms with van der Waals surface area (Å²) in [4.78, 5) is 13.0. The lowest BCUT2D eigenvalue weighted by atomic mass is 9.94. The third kappa shape index (κ3) is 2.16. The van der Waals surface area contributed by atoms with Crippen molar-refractivity contribution in [3.05, 3.63) is 23.7 Å². The maximum absolute atomic E-state index is 11.5. The molecule has 0 N–H and O–H groups in total. The van der Waals surface area contributed by atoms with Gasteiger partial charge in [-0.2, -0.15) is 0 Å². The van der Waals surface area contributed by atoms with Gasteiger partial charge in [-0.25, -0.2) is 0 Å². The zero-order chi connectivity index (χ0) is 10.9. The van der Waals surface area contributed by atoms with E-state index in [9.17, 15) is 4.79 Å². The molecule has 0 radical (unpaired) electrons. The molecule has 0 atom stereocenters. The molecule has 1 aromatic heterocycles. The highest BCUT2D eigenvalue weighted by atomic mass is 16.4. The van der Waals surface area contributed by atoms with Crippen molar-refractivity contribution in [2.24, 2.45) is 0 Å². The summed E-state index contributed by atoms with van der Waals surface area (Å²) in [5, 5.41) is 0. The molecule has 1 heterocycles. The predicted molar refractivity (Wildman–Crippen MR) is 55.4 cm³/mol. The van der Waals surface area contributed by atoms with Crippen molar-refractivity contribution in [2.75, 3.05) is 14.1 Å². The van der Waals surface area contributed by atoms with Gasteiger partial charge in [0.15, 0.2) is 5.76 Å². The van der Waals surface area contributed by atoms with Gasteiger partial charge in [0.25, 0.3) is 5.91 Å². The summed E-state index contributed by atoms with van der Waals surface area (Å²) in [6.45, 7) is 6.15. The largest absolute Gasteiger partial charge is 0.455 e. The van der Waals surface area contributed by atoms with Crippen molar-refractivity contribution in [1.82, 2.24) is 4.90 Å². The van der Waals surface area contributed by atoms with Gasteiger partial charge in [-0.15, -0.1) is 0 Å². The summed E-state index contributed by atoms with van der Waals surface area (Å²) in [6, 6.07) is 3.58. The van der Waals surface area contributed by atoms with Crippen LogP contribution < -0.4 is 0 Å². The van der Waals surface area contributed by atoms with Gasteiger partial charge in [-0.05, 0) is 12.1 Å². The van der Waals surface area contributed by atoms with E-state index < -0.39 is 0 Å². The number of hydrogen-bond acceptors (Lipinski definition) is 2. The fourth-order valence-electron chi connectivity index (χ4n) is 1.08. The molecule has 0 saturated carbocycles. The van der Waals surface area contributed by atoms with Crippen LogP contribution in [0.4, 0.5) is 0 Å². The molecule has 0 aromatic carbocycles. The Morgan fingerprint density at radius 3 is 2.21 bits per heavy atom. The third-order valence-electron chi connectivity index (χ3n) is 1.96. The molecule has 14 heavy (non-hydrogen) atoms. The number of carbonyl (C=O) groups is 1. The Hall–Kier alpha value is -1.25. The lowest BCUT2D eigenvalue weighted by Crippen LogP contribution is -2.21. The van der Waals surface area contributed by atoms with E-state index in [0.29, 0.717) is 5.76 Å². The average molecular weight is 195 g/mol. The molecule has 3 heteroatoms. The summed E-state index contributed by atoms with van der Waals surface area (Å²) in [7, 11) is 3.42. The molecular formula is C11H17NO2. The van der Waals surface area contributed by atoms with Crippen LogP contribution in [0.25, 0.3) is 0 Å². The van der Waals surface area contributed by atoms with Crippen molar-refractivity contribution in [1.29, 1.82) is 0 Å². The molecule has 0 unspecified atom stereocenters. The first-order valence-corrected chi connectivity index (χ1v) is 4.64. The van der Waals surface area contributed by atoms with Gasteiger partial charge in [0.1, 0.15) is 5.76 Å². The Bertz CT molecular complexity index is 331. The van der Waals surface area contributed by atoms with Crippen LogP contribution in [0, 0.1) is 0 Å². The van der Waals surface area contributed by atoms with E-state index in [-0.39, 0.29) is 11.3 Å². The molecule has 0 saturated heterocycles. The average Bonchev–Trinajstić information content (AvgIpc) is 2.49. The summed E-state index contributed by atoms with van der Waals surface area (Å²) in [5.74, 6) is 1.14. The van der Waals surface area contributed by atoms with Crippen LogP contribution in [-0.2, 0) is 5.41 Å². The number of furan rings is 1. The molecule has 0 aliphatic carbocycles. The molecule has 0 aliphatic heterocycles. The zero-order valence-electron chi connectivity index (χ0n) is 9.42. The van der Waals surface area contributed by atoms with Crippen LogP contribution in [0.1, 0.15) is 37.1 Å². The van der Waals surface area contributed by atoms with E-state index >= 15 is 0 Å². The SMILES string of the molecule is CN(C)C(=O)c1ccc(C(C)(C)C)o1. The van der Waals surface area contributed by atoms with Crippen LogP contribution in [0.2, 0.25) is 0 Å². The standard InChI is InChI=1S/C11H17NO2/c1-11(2,3)9-7-6-8(14-9)10(13)12(4)5/h6-7H,1-5H3. The number of nitrogens with zero attached hydrogens (tertiary/aromatic N) is 1. The van der Waals surface area contributed by atoms with E-state index in [1.807, 2.05) is 6.07 Å². The van der Waals surface area contributed by atoms with Gasteiger partial charge >= 0.3 is 0 Å². The third-order valence-corrected chi connectivity index (χ3v) is 1.96. The Labute approximate surface area is 84.7 Å². The Kier molecular flexibility index (Phi) is 2.69. The molecule has 3 nitrogen and oxygen atoms in total. The summed E-state index contributed by atoms with van der Waals surface area (Å²) >= 11 is 0. The van der Waals surface area contributed by atoms with Crippen molar-refractivity contribution in [3.63, 3.8) is 0 Å². The number of carbonyl (C=O) groups excluding carboxylic acids is 1. The van der Waals surface area contributed by atoms with Crippen LogP contribution in [0.3, 0.4) is 0 Å². The second-order valence-corrected chi connectivity index (χ2v) is 4.61. The molecular weight excluding hydrogens is 178 g/mol.